The highest BCUT2D eigenvalue weighted by molar-refractivity contribution is 5.69. The number of hydrogen-bond donors (Lipinski definition) is 7. The number of esters is 1. The molecule has 2 heterocycles. The normalized spacial score (nSPS) is 25.4. The second-order valence-electron chi connectivity index (χ2n) is 19.0. The molecule has 0 bridgehead atoms. The summed E-state index contributed by atoms with van der Waals surface area (Å²) in [5, 5.41) is 72.3. The van der Waals surface area contributed by atoms with Gasteiger partial charge < -0.3 is 64.2 Å². The lowest BCUT2D eigenvalue weighted by atomic mass is 9.98. The number of aliphatic hydroxyl groups is 7. The molecule has 0 aromatic rings. The summed E-state index contributed by atoms with van der Waals surface area (Å²) in [6.45, 7) is 3.28. The van der Waals surface area contributed by atoms with Gasteiger partial charge >= 0.3 is 5.97 Å². The highest BCUT2D eigenvalue weighted by atomic mass is 16.7. The maximum atomic E-state index is 13.0. The smallest absolute Gasteiger partial charge is 0.306 e. The lowest BCUT2D eigenvalue weighted by Gasteiger charge is -2.42. The zero-order valence-electron chi connectivity index (χ0n) is 46.4. The Kier molecular flexibility index (Phi) is 42.8. The molecule has 77 heavy (non-hydrogen) atoms. The first-order valence-electron chi connectivity index (χ1n) is 28.4. The van der Waals surface area contributed by atoms with Gasteiger partial charge in [-0.25, -0.2) is 0 Å². The predicted molar refractivity (Wildman–Crippen MR) is 306 cm³/mol. The number of aliphatic hydroxyl groups excluding tert-OH is 7. The van der Waals surface area contributed by atoms with Gasteiger partial charge in [0.15, 0.2) is 12.6 Å². The van der Waals surface area contributed by atoms with Crippen molar-refractivity contribution >= 4 is 5.97 Å². The van der Waals surface area contributed by atoms with Gasteiger partial charge in [0.05, 0.1) is 26.4 Å². The van der Waals surface area contributed by atoms with E-state index < -0.39 is 86.7 Å². The average Bonchev–Trinajstić information content (AvgIpc) is 3.43. The first-order chi connectivity index (χ1) is 37.6. The van der Waals surface area contributed by atoms with Crippen LogP contribution in [-0.4, -0.2) is 142 Å². The fraction of sp³-hybridized carbons (Fsp3) is 0.603. The van der Waals surface area contributed by atoms with E-state index in [9.17, 15) is 40.5 Å². The zero-order chi connectivity index (χ0) is 55.8. The molecule has 0 spiro atoms. The van der Waals surface area contributed by atoms with Crippen LogP contribution in [0.3, 0.4) is 0 Å². The van der Waals surface area contributed by atoms with E-state index in [1.165, 1.54) is 0 Å². The van der Waals surface area contributed by atoms with Crippen LogP contribution in [0.4, 0.5) is 0 Å². The minimum Gasteiger partial charge on any atom is -0.457 e. The summed E-state index contributed by atoms with van der Waals surface area (Å²) < 4.78 is 34.2. The molecule has 0 aromatic carbocycles. The van der Waals surface area contributed by atoms with E-state index >= 15 is 0 Å². The Morgan fingerprint density at radius 2 is 0.805 bits per heavy atom. The van der Waals surface area contributed by atoms with Gasteiger partial charge in [-0.1, -0.05) is 173 Å². The Labute approximate surface area is 461 Å². The van der Waals surface area contributed by atoms with Gasteiger partial charge in [-0.15, -0.1) is 0 Å². The summed E-state index contributed by atoms with van der Waals surface area (Å²) in [6.07, 6.45) is 53.4. The van der Waals surface area contributed by atoms with Crippen LogP contribution in [0.5, 0.6) is 0 Å². The Balaban J connectivity index is 1.76. The molecule has 2 saturated heterocycles. The molecule has 0 amide bonds. The van der Waals surface area contributed by atoms with Crippen LogP contribution in [0.15, 0.2) is 146 Å². The maximum absolute atomic E-state index is 13.0. The second-order valence-corrected chi connectivity index (χ2v) is 19.0. The summed E-state index contributed by atoms with van der Waals surface area (Å²) in [5.74, 6) is -0.449. The number of hydrogen-bond acceptors (Lipinski definition) is 14. The minimum atomic E-state index is -1.73. The summed E-state index contributed by atoms with van der Waals surface area (Å²) in [7, 11) is 0. The summed E-state index contributed by atoms with van der Waals surface area (Å²) in [5.41, 5.74) is 0. The Morgan fingerprint density at radius 3 is 1.25 bits per heavy atom. The van der Waals surface area contributed by atoms with Crippen LogP contribution in [0.1, 0.15) is 142 Å². The fourth-order valence-electron chi connectivity index (χ4n) is 7.83. The molecule has 0 saturated carbocycles. The maximum Gasteiger partial charge on any atom is 0.306 e. The van der Waals surface area contributed by atoms with E-state index in [4.69, 9.17) is 28.4 Å². The van der Waals surface area contributed by atoms with Gasteiger partial charge in [-0.2, -0.15) is 0 Å². The lowest BCUT2D eigenvalue weighted by molar-refractivity contribution is -0.332. The highest BCUT2D eigenvalue weighted by Crippen LogP contribution is 2.26. The molecule has 2 aliphatic rings. The zero-order valence-corrected chi connectivity index (χ0v) is 46.4. The molecule has 2 fully saturated rings. The predicted octanol–water partition coefficient (Wildman–Crippen LogP) is 10.1. The van der Waals surface area contributed by atoms with Crippen LogP contribution in [-0.2, 0) is 33.2 Å². The number of unbranched alkanes of at least 4 members (excludes halogenated alkanes) is 5. The molecule has 434 valence electrons. The monoisotopic (exact) mass is 1080 g/mol. The second kappa shape index (κ2) is 47.8. The third-order valence-electron chi connectivity index (χ3n) is 12.3. The SMILES string of the molecule is CC/C=C\C/C=C\C/C=C\C/C=C\C/C=C\C/C=C\C/C=C\CCCCCCOCC(COC1OC(COC2OC(CO)C(O)C(O)C2O)C(O)C(O)C1O)OC(=O)CCC/C=C\C/C=C\C/C=C\C/C=C\C/C=C\CC. The van der Waals surface area contributed by atoms with E-state index in [2.05, 4.69) is 154 Å². The van der Waals surface area contributed by atoms with Crippen molar-refractivity contribution in [3.63, 3.8) is 0 Å². The number of rotatable bonds is 43. The van der Waals surface area contributed by atoms with Crippen LogP contribution in [0.25, 0.3) is 0 Å². The van der Waals surface area contributed by atoms with Gasteiger partial charge in [0, 0.05) is 13.0 Å². The third-order valence-corrected chi connectivity index (χ3v) is 12.3. The van der Waals surface area contributed by atoms with Gasteiger partial charge in [0.25, 0.3) is 0 Å². The van der Waals surface area contributed by atoms with Crippen molar-refractivity contribution in [2.45, 2.75) is 210 Å². The molecule has 11 unspecified atom stereocenters. The summed E-state index contributed by atoms with van der Waals surface area (Å²) in [6, 6.07) is 0. The topological polar surface area (TPSA) is 214 Å². The van der Waals surface area contributed by atoms with Crippen molar-refractivity contribution in [1.82, 2.24) is 0 Å². The van der Waals surface area contributed by atoms with Gasteiger partial charge in [0.2, 0.25) is 0 Å². The fourth-order valence-corrected chi connectivity index (χ4v) is 7.83. The van der Waals surface area contributed by atoms with Crippen LogP contribution >= 0.6 is 0 Å². The van der Waals surface area contributed by atoms with Gasteiger partial charge in [-0.3, -0.25) is 4.79 Å². The molecular formula is C63H98O14. The highest BCUT2D eigenvalue weighted by Gasteiger charge is 2.47. The quantitative estimate of drug-likeness (QED) is 0.0172. The van der Waals surface area contributed by atoms with Gasteiger partial charge in [-0.05, 0) is 109 Å². The Hall–Kier alpha value is -4.13. The number of carbonyl (C=O) groups excluding carboxylic acids is 1. The van der Waals surface area contributed by atoms with Crippen molar-refractivity contribution in [2.75, 3.05) is 33.0 Å². The largest absolute Gasteiger partial charge is 0.457 e. The Morgan fingerprint density at radius 1 is 0.429 bits per heavy atom. The molecule has 2 aliphatic heterocycles. The summed E-state index contributed by atoms with van der Waals surface area (Å²) >= 11 is 0. The molecule has 0 aliphatic carbocycles. The molecule has 7 N–H and O–H groups in total. The van der Waals surface area contributed by atoms with Crippen LogP contribution in [0, 0.1) is 0 Å². The minimum absolute atomic E-state index is 0.00941. The van der Waals surface area contributed by atoms with Crippen molar-refractivity contribution in [2.24, 2.45) is 0 Å². The summed E-state index contributed by atoms with van der Waals surface area (Å²) in [4.78, 5) is 13.0. The van der Waals surface area contributed by atoms with E-state index in [0.717, 1.165) is 109 Å². The molecule has 0 radical (unpaired) electrons. The molecule has 11 atom stereocenters. The molecular weight excluding hydrogens is 981 g/mol. The molecule has 14 heteroatoms. The first kappa shape index (κ1) is 69.0. The number of ether oxygens (including phenoxy) is 6. The third kappa shape index (κ3) is 34.5. The molecule has 0 aromatic heterocycles. The van der Waals surface area contributed by atoms with Crippen LogP contribution in [0.2, 0.25) is 0 Å². The molecule has 2 rings (SSSR count). The number of carbonyl (C=O) groups is 1. The van der Waals surface area contributed by atoms with Crippen LogP contribution < -0.4 is 0 Å². The van der Waals surface area contributed by atoms with E-state index in [1.54, 1.807) is 0 Å². The average molecular weight is 1080 g/mol. The van der Waals surface area contributed by atoms with Gasteiger partial charge in [0.1, 0.15) is 54.9 Å². The first-order valence-corrected chi connectivity index (χ1v) is 28.4. The van der Waals surface area contributed by atoms with E-state index in [1.807, 2.05) is 6.08 Å². The van der Waals surface area contributed by atoms with E-state index in [0.29, 0.717) is 19.4 Å². The number of allylic oxidation sites excluding steroid dienone is 24. The standard InChI is InChI=1S/C63H98O14/c1-3-5-7-9-11-13-15-17-19-21-22-23-24-25-26-27-28-29-31-33-35-37-39-41-43-45-47-72-49-52(75-55(65)46-44-42-40-38-36-34-32-30-20-18-16-14-12-10-8-6-4-2)50-73-62-61(71)59(69)57(67)54(77-62)51-74-63-60(70)58(68)56(66)53(48-64)76-63/h5-8,11-14,17-20,22-23,25-26,28-29,32-35,38,40,52-54,56-64,66-71H,3-4,9-10,15-16,21,24,27,30-31,36-37,39,41-51H2,1-2H3/b7-5-,8-6-,13-11-,14-12-,19-17-,20-18-,23-22-,26-25-,29-28-,34-32-,35-33-,40-38-. The molecule has 14 nitrogen and oxygen atoms in total. The lowest BCUT2D eigenvalue weighted by Crippen LogP contribution is -2.61. The van der Waals surface area contributed by atoms with Crippen molar-refractivity contribution in [3.8, 4) is 0 Å². The Bertz CT molecular complexity index is 1820. The van der Waals surface area contributed by atoms with Crippen molar-refractivity contribution < 1.29 is 69.0 Å². The van der Waals surface area contributed by atoms with Crippen molar-refractivity contribution in [1.29, 1.82) is 0 Å². The van der Waals surface area contributed by atoms with Crippen molar-refractivity contribution in [3.05, 3.63) is 146 Å². The van der Waals surface area contributed by atoms with E-state index in [-0.39, 0.29) is 19.6 Å².